The van der Waals surface area contributed by atoms with Crippen molar-refractivity contribution < 1.29 is 9.53 Å². The molecule has 0 radical (unpaired) electrons. The van der Waals surface area contributed by atoms with Crippen molar-refractivity contribution in [2.45, 2.75) is 32.9 Å². The van der Waals surface area contributed by atoms with Crippen LogP contribution >= 0.6 is 23.2 Å². The molecule has 0 bridgehead atoms. The molecule has 0 aliphatic rings. The Hall–Kier alpha value is -2.05. The first-order valence-electron chi connectivity index (χ1n) is 7.85. The third kappa shape index (κ3) is 5.47. The molecule has 134 valence electrons. The number of halogens is 2. The summed E-state index contributed by atoms with van der Waals surface area (Å²) in [4.78, 5) is 28.1. The summed E-state index contributed by atoms with van der Waals surface area (Å²) < 4.78 is 6.98. The van der Waals surface area contributed by atoms with Gasteiger partial charge < -0.3 is 10.1 Å². The molecule has 2 aromatic rings. The van der Waals surface area contributed by atoms with Crippen LogP contribution in [0.4, 0.5) is 0 Å². The second-order valence-electron chi connectivity index (χ2n) is 5.39. The van der Waals surface area contributed by atoms with Crippen molar-refractivity contribution in [3.8, 4) is 5.75 Å². The van der Waals surface area contributed by atoms with Crippen molar-refractivity contribution in [1.82, 2.24) is 14.9 Å². The Kier molecular flexibility index (Phi) is 6.84. The lowest BCUT2D eigenvalue weighted by Crippen LogP contribution is -2.39. The third-order valence-electron chi connectivity index (χ3n) is 3.52. The summed E-state index contributed by atoms with van der Waals surface area (Å²) in [6.45, 7) is 4.16. The Bertz CT molecular complexity index is 808. The van der Waals surface area contributed by atoms with Gasteiger partial charge in [0, 0.05) is 29.9 Å². The fourth-order valence-corrected chi connectivity index (χ4v) is 2.54. The van der Waals surface area contributed by atoms with Gasteiger partial charge in [-0.15, -0.1) is 0 Å². The Balaban J connectivity index is 1.86. The summed E-state index contributed by atoms with van der Waals surface area (Å²) in [6.07, 6.45) is 1.45. The van der Waals surface area contributed by atoms with Crippen molar-refractivity contribution in [1.29, 1.82) is 0 Å². The predicted octanol–water partition coefficient (Wildman–Crippen LogP) is 2.70. The second kappa shape index (κ2) is 8.87. The van der Waals surface area contributed by atoms with E-state index in [0.29, 0.717) is 28.8 Å². The van der Waals surface area contributed by atoms with E-state index < -0.39 is 6.10 Å². The normalized spacial score (nSPS) is 11.8. The quantitative estimate of drug-likeness (QED) is 0.797. The molecule has 1 atom stereocenters. The zero-order chi connectivity index (χ0) is 18.4. The lowest BCUT2D eigenvalue weighted by Gasteiger charge is -2.16. The Morgan fingerprint density at radius 2 is 2.12 bits per heavy atom. The van der Waals surface area contributed by atoms with Crippen LogP contribution in [0.15, 0.2) is 35.4 Å². The highest BCUT2D eigenvalue weighted by molar-refractivity contribution is 6.35. The molecule has 0 aliphatic carbocycles. The van der Waals surface area contributed by atoms with Crippen LogP contribution in [0.3, 0.4) is 0 Å². The Morgan fingerprint density at radius 3 is 2.76 bits per heavy atom. The number of rotatable bonds is 7. The van der Waals surface area contributed by atoms with Crippen molar-refractivity contribution in [3.63, 3.8) is 0 Å². The van der Waals surface area contributed by atoms with E-state index in [0.717, 1.165) is 5.69 Å². The number of hydrogen-bond acceptors (Lipinski definition) is 4. The molecule has 8 heteroatoms. The van der Waals surface area contributed by atoms with Crippen molar-refractivity contribution in [3.05, 3.63) is 56.7 Å². The van der Waals surface area contributed by atoms with Gasteiger partial charge in [0.05, 0.1) is 11.3 Å². The maximum absolute atomic E-state index is 12.1. The lowest BCUT2D eigenvalue weighted by molar-refractivity contribution is -0.127. The van der Waals surface area contributed by atoms with Gasteiger partial charge in [-0.3, -0.25) is 14.2 Å². The maximum atomic E-state index is 12.1. The molecule has 2 rings (SSSR count). The largest absolute Gasteiger partial charge is 0.479 e. The number of hydrogen-bond donors (Lipinski definition) is 1. The lowest BCUT2D eigenvalue weighted by atomic mass is 10.3. The summed E-state index contributed by atoms with van der Waals surface area (Å²) in [5.41, 5.74) is 0.602. The molecule has 0 spiro atoms. The maximum Gasteiger partial charge on any atom is 0.260 e. The van der Waals surface area contributed by atoms with Crippen LogP contribution < -0.4 is 15.6 Å². The minimum absolute atomic E-state index is 0.140. The molecule has 1 amide bonds. The van der Waals surface area contributed by atoms with Crippen LogP contribution in [0.2, 0.25) is 10.0 Å². The molecule has 0 saturated heterocycles. The van der Waals surface area contributed by atoms with Gasteiger partial charge in [-0.25, -0.2) is 4.98 Å². The SMILES string of the molecule is CCc1cc(=O)n(CCNC(=O)C(C)Oc2ccc(Cl)cc2Cl)cn1. The van der Waals surface area contributed by atoms with Gasteiger partial charge in [-0.05, 0) is 31.5 Å². The van der Waals surface area contributed by atoms with E-state index in [4.69, 9.17) is 27.9 Å². The van der Waals surface area contributed by atoms with Crippen LogP contribution in [0.1, 0.15) is 19.5 Å². The summed E-state index contributed by atoms with van der Waals surface area (Å²) in [5.74, 6) is 0.0708. The van der Waals surface area contributed by atoms with Gasteiger partial charge in [0.25, 0.3) is 11.5 Å². The standard InChI is InChI=1S/C17H19Cl2N3O3/c1-3-13-9-16(23)22(10-21-13)7-6-20-17(24)11(2)25-15-5-4-12(18)8-14(15)19/h4-5,8-11H,3,6-7H2,1-2H3,(H,20,24). The second-order valence-corrected chi connectivity index (χ2v) is 6.23. The molecular formula is C17H19Cl2N3O3. The first kappa shape index (κ1) is 19.3. The summed E-state index contributed by atoms with van der Waals surface area (Å²) in [5, 5.41) is 3.54. The highest BCUT2D eigenvalue weighted by Crippen LogP contribution is 2.28. The van der Waals surface area contributed by atoms with E-state index in [1.165, 1.54) is 17.0 Å². The Morgan fingerprint density at radius 1 is 1.36 bits per heavy atom. The number of amides is 1. The van der Waals surface area contributed by atoms with Gasteiger partial charge in [-0.1, -0.05) is 30.1 Å². The monoisotopic (exact) mass is 383 g/mol. The number of benzene rings is 1. The molecule has 1 aromatic heterocycles. The molecule has 6 nitrogen and oxygen atoms in total. The van der Waals surface area contributed by atoms with E-state index in [2.05, 4.69) is 10.3 Å². The molecule has 0 saturated carbocycles. The van der Waals surface area contributed by atoms with Gasteiger partial charge in [0.1, 0.15) is 5.75 Å². The van der Waals surface area contributed by atoms with E-state index in [1.54, 1.807) is 25.1 Å². The van der Waals surface area contributed by atoms with Gasteiger partial charge in [0.2, 0.25) is 0 Å². The highest BCUT2D eigenvalue weighted by Gasteiger charge is 2.16. The van der Waals surface area contributed by atoms with Crippen LogP contribution in [-0.4, -0.2) is 28.1 Å². The van der Waals surface area contributed by atoms with Gasteiger partial charge >= 0.3 is 0 Å². The number of aromatic nitrogens is 2. The van der Waals surface area contributed by atoms with E-state index in [-0.39, 0.29) is 18.0 Å². The third-order valence-corrected chi connectivity index (χ3v) is 4.05. The number of aryl methyl sites for hydroxylation is 1. The van der Waals surface area contributed by atoms with Crippen LogP contribution in [0.25, 0.3) is 0 Å². The van der Waals surface area contributed by atoms with E-state index in [1.807, 2.05) is 6.92 Å². The molecular weight excluding hydrogens is 365 g/mol. The Labute approximate surface area is 155 Å². The van der Waals surface area contributed by atoms with Crippen LogP contribution in [-0.2, 0) is 17.8 Å². The highest BCUT2D eigenvalue weighted by atomic mass is 35.5. The van der Waals surface area contributed by atoms with Gasteiger partial charge in [-0.2, -0.15) is 0 Å². The molecule has 1 heterocycles. The summed E-state index contributed by atoms with van der Waals surface area (Å²) >= 11 is 11.8. The number of nitrogens with one attached hydrogen (secondary N) is 1. The van der Waals surface area contributed by atoms with Crippen molar-refractivity contribution >= 4 is 29.1 Å². The average molecular weight is 384 g/mol. The fourth-order valence-electron chi connectivity index (χ4n) is 2.08. The zero-order valence-electron chi connectivity index (χ0n) is 14.0. The topological polar surface area (TPSA) is 73.2 Å². The fraction of sp³-hybridized carbons (Fsp3) is 0.353. The smallest absolute Gasteiger partial charge is 0.260 e. The summed E-state index contributed by atoms with van der Waals surface area (Å²) in [6, 6.07) is 6.28. The first-order valence-corrected chi connectivity index (χ1v) is 8.61. The molecule has 25 heavy (non-hydrogen) atoms. The molecule has 0 aliphatic heterocycles. The first-order chi connectivity index (χ1) is 11.9. The minimum Gasteiger partial charge on any atom is -0.479 e. The van der Waals surface area contributed by atoms with Crippen molar-refractivity contribution in [2.24, 2.45) is 0 Å². The van der Waals surface area contributed by atoms with E-state index >= 15 is 0 Å². The summed E-state index contributed by atoms with van der Waals surface area (Å²) in [7, 11) is 0. The zero-order valence-corrected chi connectivity index (χ0v) is 15.5. The average Bonchev–Trinajstić information content (AvgIpc) is 2.58. The predicted molar refractivity (Wildman–Crippen MR) is 97.4 cm³/mol. The number of carbonyl (C=O) groups is 1. The number of ether oxygens (including phenoxy) is 1. The number of nitrogens with zero attached hydrogens (tertiary/aromatic N) is 2. The molecule has 1 unspecified atom stereocenters. The van der Waals surface area contributed by atoms with E-state index in [9.17, 15) is 9.59 Å². The molecule has 1 aromatic carbocycles. The van der Waals surface area contributed by atoms with Crippen LogP contribution in [0.5, 0.6) is 5.75 Å². The van der Waals surface area contributed by atoms with Gasteiger partial charge in [0.15, 0.2) is 6.10 Å². The molecule has 0 fully saturated rings. The van der Waals surface area contributed by atoms with Crippen LogP contribution in [0, 0.1) is 0 Å². The minimum atomic E-state index is -0.740. The number of carbonyl (C=O) groups excluding carboxylic acids is 1. The molecule has 1 N–H and O–H groups in total. The van der Waals surface area contributed by atoms with Crippen molar-refractivity contribution in [2.75, 3.05) is 6.54 Å².